The normalized spacial score (nSPS) is 14.3. The summed E-state index contributed by atoms with van der Waals surface area (Å²) in [5.41, 5.74) is 0. The first-order valence-corrected chi connectivity index (χ1v) is 21.2. The number of likely N-dealkylation sites (N-methyl/N-ethyl adjacent to an activating group) is 1. The van der Waals surface area contributed by atoms with Gasteiger partial charge in [0.15, 0.2) is 0 Å². The van der Waals surface area contributed by atoms with Crippen molar-refractivity contribution in [2.75, 3.05) is 54.1 Å². The number of allylic oxidation sites excluding steroid dienone is 6. The van der Waals surface area contributed by atoms with E-state index >= 15 is 0 Å². The molecule has 2 unspecified atom stereocenters. The molecule has 49 heavy (non-hydrogen) atoms. The molecule has 9 heteroatoms. The van der Waals surface area contributed by atoms with Crippen LogP contribution in [0.15, 0.2) is 36.5 Å². The van der Waals surface area contributed by atoms with Gasteiger partial charge in [0.25, 0.3) is 7.82 Å². The predicted octanol–water partition coefficient (Wildman–Crippen LogP) is 10.4. The Morgan fingerprint density at radius 2 is 1.18 bits per heavy atom. The van der Waals surface area contributed by atoms with E-state index in [1.807, 2.05) is 21.1 Å². The third kappa shape index (κ3) is 37.8. The van der Waals surface area contributed by atoms with Crippen LogP contribution in [0.4, 0.5) is 0 Å². The van der Waals surface area contributed by atoms with Crippen molar-refractivity contribution in [1.29, 1.82) is 0 Å². The number of hydrogen-bond acceptors (Lipinski definition) is 7. The number of nitrogens with zero attached hydrogens (tertiary/aromatic N) is 1. The molecule has 0 aliphatic rings. The summed E-state index contributed by atoms with van der Waals surface area (Å²) in [6.45, 7) is 5.27. The molecule has 0 bridgehead atoms. The molecule has 0 radical (unpaired) electrons. The van der Waals surface area contributed by atoms with Crippen molar-refractivity contribution in [2.24, 2.45) is 0 Å². The van der Waals surface area contributed by atoms with Crippen LogP contribution < -0.4 is 4.89 Å². The molecule has 0 rings (SSSR count). The molecule has 288 valence electrons. The summed E-state index contributed by atoms with van der Waals surface area (Å²) in [6, 6.07) is 0. The minimum absolute atomic E-state index is 0.0228. The molecule has 0 aliphatic carbocycles. The Bertz CT molecular complexity index is 884. The van der Waals surface area contributed by atoms with Crippen molar-refractivity contribution in [2.45, 2.75) is 161 Å². The van der Waals surface area contributed by atoms with E-state index in [2.05, 4.69) is 50.3 Å². The monoisotopic (exact) mass is 714 g/mol. The highest BCUT2D eigenvalue weighted by Gasteiger charge is 2.20. The summed E-state index contributed by atoms with van der Waals surface area (Å²) in [6.07, 6.45) is 37.2. The number of phosphoric acid groups is 1. The summed E-state index contributed by atoms with van der Waals surface area (Å²) >= 11 is 0. The van der Waals surface area contributed by atoms with Crippen LogP contribution in [-0.2, 0) is 27.9 Å². The van der Waals surface area contributed by atoms with E-state index in [0.717, 1.165) is 70.6 Å². The number of esters is 1. The van der Waals surface area contributed by atoms with Crippen LogP contribution >= 0.6 is 7.82 Å². The molecule has 0 spiro atoms. The Labute approximate surface area is 302 Å². The second kappa shape index (κ2) is 33.8. The zero-order chi connectivity index (χ0) is 36.3. The molecule has 0 saturated heterocycles. The molecular weight excluding hydrogens is 637 g/mol. The summed E-state index contributed by atoms with van der Waals surface area (Å²) < 4.78 is 34.4. The Balaban J connectivity index is 4.32. The van der Waals surface area contributed by atoms with Crippen molar-refractivity contribution >= 4 is 13.8 Å². The van der Waals surface area contributed by atoms with Crippen LogP contribution in [0.1, 0.15) is 155 Å². The molecule has 0 amide bonds. The SMILES string of the molecule is CC/C=C\C/C=C\C/C=C\CCCCCCCC(=O)OC(COCCCCCCCCCCCCCC)COP(=O)([O-])OCC[N+](C)(C)C. The number of phosphoric ester groups is 1. The minimum Gasteiger partial charge on any atom is -0.756 e. The number of carbonyl (C=O) groups is 1. The fraction of sp³-hybridized carbons (Fsp3) is 0.825. The first kappa shape index (κ1) is 47.7. The van der Waals surface area contributed by atoms with Crippen LogP contribution in [0.2, 0.25) is 0 Å². The van der Waals surface area contributed by atoms with Gasteiger partial charge in [-0.3, -0.25) is 9.36 Å². The average Bonchev–Trinajstić information content (AvgIpc) is 3.04. The topological polar surface area (TPSA) is 94.1 Å². The van der Waals surface area contributed by atoms with Gasteiger partial charge in [0, 0.05) is 13.0 Å². The lowest BCUT2D eigenvalue weighted by atomic mass is 10.1. The highest BCUT2D eigenvalue weighted by molar-refractivity contribution is 7.45. The Morgan fingerprint density at radius 1 is 0.653 bits per heavy atom. The molecule has 0 aliphatic heterocycles. The Kier molecular flexibility index (Phi) is 33.0. The lowest BCUT2D eigenvalue weighted by Crippen LogP contribution is -2.37. The lowest BCUT2D eigenvalue weighted by molar-refractivity contribution is -0.870. The Hall–Kier alpha value is -1.28. The average molecular weight is 714 g/mol. The molecule has 0 N–H and O–H groups in total. The molecule has 0 fully saturated rings. The van der Waals surface area contributed by atoms with Crippen molar-refractivity contribution in [1.82, 2.24) is 0 Å². The smallest absolute Gasteiger partial charge is 0.306 e. The van der Waals surface area contributed by atoms with Crippen LogP contribution in [0, 0.1) is 0 Å². The van der Waals surface area contributed by atoms with Crippen LogP contribution in [-0.4, -0.2) is 70.7 Å². The first-order valence-electron chi connectivity index (χ1n) is 19.7. The molecule has 2 atom stereocenters. The van der Waals surface area contributed by atoms with Gasteiger partial charge in [-0.15, -0.1) is 0 Å². The maximum atomic E-state index is 12.6. The van der Waals surface area contributed by atoms with Gasteiger partial charge >= 0.3 is 5.97 Å². The molecule has 0 saturated carbocycles. The predicted molar refractivity (Wildman–Crippen MR) is 203 cm³/mol. The first-order chi connectivity index (χ1) is 23.6. The quantitative estimate of drug-likeness (QED) is 0.0210. The zero-order valence-corrected chi connectivity index (χ0v) is 33.3. The number of carbonyl (C=O) groups excluding carboxylic acids is 1. The van der Waals surface area contributed by atoms with E-state index < -0.39 is 13.9 Å². The Morgan fingerprint density at radius 3 is 1.78 bits per heavy atom. The van der Waals surface area contributed by atoms with E-state index in [0.29, 0.717) is 24.1 Å². The van der Waals surface area contributed by atoms with E-state index in [1.54, 1.807) is 0 Å². The number of unbranched alkanes of at least 4 members (excludes halogenated alkanes) is 16. The molecule has 0 aromatic heterocycles. The molecule has 0 aromatic carbocycles. The van der Waals surface area contributed by atoms with Crippen molar-refractivity contribution in [3.63, 3.8) is 0 Å². The second-order valence-corrected chi connectivity index (χ2v) is 15.7. The van der Waals surface area contributed by atoms with Crippen LogP contribution in [0.3, 0.4) is 0 Å². The van der Waals surface area contributed by atoms with Crippen molar-refractivity contribution in [3.8, 4) is 0 Å². The van der Waals surface area contributed by atoms with Gasteiger partial charge in [-0.05, 0) is 44.9 Å². The summed E-state index contributed by atoms with van der Waals surface area (Å²) in [5, 5.41) is 0. The van der Waals surface area contributed by atoms with Crippen LogP contribution in [0.5, 0.6) is 0 Å². The summed E-state index contributed by atoms with van der Waals surface area (Å²) in [5.74, 6) is -0.351. The van der Waals surface area contributed by atoms with Gasteiger partial charge < -0.3 is 27.9 Å². The highest BCUT2D eigenvalue weighted by atomic mass is 31.2. The lowest BCUT2D eigenvalue weighted by Gasteiger charge is -2.28. The van der Waals surface area contributed by atoms with Gasteiger partial charge in [-0.2, -0.15) is 0 Å². The van der Waals surface area contributed by atoms with E-state index in [4.69, 9.17) is 18.5 Å². The van der Waals surface area contributed by atoms with E-state index in [1.165, 1.54) is 64.2 Å². The molecular formula is C40H76NO7P. The summed E-state index contributed by atoms with van der Waals surface area (Å²) in [7, 11) is 1.34. The van der Waals surface area contributed by atoms with Gasteiger partial charge in [0.05, 0.1) is 34.4 Å². The van der Waals surface area contributed by atoms with Gasteiger partial charge in [0.2, 0.25) is 0 Å². The summed E-state index contributed by atoms with van der Waals surface area (Å²) in [4.78, 5) is 24.9. The highest BCUT2D eigenvalue weighted by Crippen LogP contribution is 2.38. The maximum Gasteiger partial charge on any atom is 0.306 e. The molecule has 0 heterocycles. The van der Waals surface area contributed by atoms with Crippen molar-refractivity contribution in [3.05, 3.63) is 36.5 Å². The minimum atomic E-state index is -4.52. The number of quaternary nitrogens is 1. The van der Waals surface area contributed by atoms with Gasteiger partial charge in [-0.1, -0.05) is 140 Å². The standard InChI is InChI=1S/C40H76NO7P/c1-6-8-10-12-14-16-18-20-21-22-23-25-27-29-31-33-40(42)48-39(38-47-49(43,44)46-36-34-41(3,4)5)37-45-35-32-30-28-26-24-19-17-15-13-11-9-7-2/h8,10,14,16,20-21,39H,6-7,9,11-13,15,17-19,22-38H2,1-5H3/b10-8-,16-14-,21-20-. The molecule has 8 nitrogen and oxygen atoms in total. The van der Waals surface area contributed by atoms with Gasteiger partial charge in [0.1, 0.15) is 19.3 Å². The van der Waals surface area contributed by atoms with E-state index in [-0.39, 0.29) is 25.8 Å². The number of ether oxygens (including phenoxy) is 2. The second-order valence-electron chi connectivity index (χ2n) is 14.3. The zero-order valence-electron chi connectivity index (χ0n) is 32.4. The van der Waals surface area contributed by atoms with Crippen molar-refractivity contribution < 1.29 is 37.3 Å². The third-order valence-corrected chi connectivity index (χ3v) is 9.17. The number of hydrogen-bond donors (Lipinski definition) is 0. The van der Waals surface area contributed by atoms with Gasteiger partial charge in [-0.25, -0.2) is 0 Å². The third-order valence-electron chi connectivity index (χ3n) is 8.21. The largest absolute Gasteiger partial charge is 0.756 e. The fourth-order valence-corrected chi connectivity index (χ4v) is 5.88. The maximum absolute atomic E-state index is 12.6. The van der Waals surface area contributed by atoms with E-state index in [9.17, 15) is 14.3 Å². The van der Waals surface area contributed by atoms with Crippen LogP contribution in [0.25, 0.3) is 0 Å². The number of rotatable bonds is 36. The molecule has 0 aromatic rings. The fourth-order valence-electron chi connectivity index (χ4n) is 5.15.